The van der Waals surface area contributed by atoms with Gasteiger partial charge in [0.05, 0.1) is 5.70 Å². The van der Waals surface area contributed by atoms with Crippen LogP contribution in [0, 0.1) is 5.92 Å². The molecule has 4 nitrogen and oxygen atoms in total. The molecule has 33 heavy (non-hydrogen) atoms. The quantitative estimate of drug-likeness (QED) is 0.0987. The molecule has 0 aliphatic rings. The van der Waals surface area contributed by atoms with Gasteiger partial charge in [0.15, 0.2) is 0 Å². The maximum Gasteiger partial charge on any atom is 0.205 e. The summed E-state index contributed by atoms with van der Waals surface area (Å²) in [5.41, 5.74) is 1.53. The Hall–Kier alpha value is -1.21. The van der Waals surface area contributed by atoms with Gasteiger partial charge in [-0.05, 0) is 55.2 Å². The van der Waals surface area contributed by atoms with E-state index in [0.717, 1.165) is 37.0 Å². The van der Waals surface area contributed by atoms with Crippen LogP contribution in [0.1, 0.15) is 52.3 Å². The van der Waals surface area contributed by atoms with Crippen molar-refractivity contribution in [3.63, 3.8) is 0 Å². The van der Waals surface area contributed by atoms with E-state index in [1.165, 1.54) is 4.80 Å². The molecule has 1 rings (SSSR count). The maximum atomic E-state index is 6.19. The van der Waals surface area contributed by atoms with Gasteiger partial charge in [-0.2, -0.15) is 0 Å². The predicted molar refractivity (Wildman–Crippen MR) is 154 cm³/mol. The van der Waals surface area contributed by atoms with Crippen LogP contribution in [0.3, 0.4) is 0 Å². The zero-order chi connectivity index (χ0) is 25.1. The van der Waals surface area contributed by atoms with E-state index in [1.54, 1.807) is 35.1 Å². The lowest BCUT2D eigenvalue weighted by atomic mass is 10.0. The number of tetrazole rings is 1. The van der Waals surface area contributed by atoms with Gasteiger partial charge in [0.25, 0.3) is 0 Å². The van der Waals surface area contributed by atoms with Crippen molar-refractivity contribution < 1.29 is 0 Å². The van der Waals surface area contributed by atoms with Crippen molar-refractivity contribution in [2.45, 2.75) is 57.2 Å². The Morgan fingerprint density at radius 1 is 1.09 bits per heavy atom. The topological polar surface area (TPSA) is 43.6 Å². The number of hydrogen-bond donors (Lipinski definition) is 0. The minimum atomic E-state index is 0.246. The highest BCUT2D eigenvalue weighted by atomic mass is 35.5. The van der Waals surface area contributed by atoms with E-state index in [1.807, 2.05) is 29.0 Å². The van der Waals surface area contributed by atoms with Crippen molar-refractivity contribution in [3.8, 4) is 0 Å². The smallest absolute Gasteiger partial charge is 0.131 e. The van der Waals surface area contributed by atoms with Gasteiger partial charge in [0.2, 0.25) is 5.82 Å². The summed E-state index contributed by atoms with van der Waals surface area (Å²) in [6, 6.07) is 0. The summed E-state index contributed by atoms with van der Waals surface area (Å²) in [7, 11) is 3.66. The Balaban J connectivity index is 0.000000653. The molecule has 0 amide bonds. The van der Waals surface area contributed by atoms with Crippen LogP contribution in [0.4, 0.5) is 0 Å². The molecular formula is C25H38Cl2N4S2. The van der Waals surface area contributed by atoms with Crippen molar-refractivity contribution >= 4 is 56.1 Å². The summed E-state index contributed by atoms with van der Waals surface area (Å²) in [5.74, 6) is 2.31. The van der Waals surface area contributed by atoms with Crippen LogP contribution < -0.4 is 0 Å². The van der Waals surface area contributed by atoms with Gasteiger partial charge in [0, 0.05) is 22.1 Å². The Kier molecular flexibility index (Phi) is 19.4. The van der Waals surface area contributed by atoms with Crippen LogP contribution in [0.25, 0.3) is 11.3 Å². The highest BCUT2D eigenvalue weighted by molar-refractivity contribution is 8.76. The van der Waals surface area contributed by atoms with Crippen LogP contribution in [0.15, 0.2) is 62.3 Å². The highest BCUT2D eigenvalue weighted by Gasteiger charge is 2.13. The van der Waals surface area contributed by atoms with Crippen LogP contribution in [-0.4, -0.2) is 43.0 Å². The first-order valence-corrected chi connectivity index (χ1v) is 14.6. The first kappa shape index (κ1) is 31.8. The molecule has 0 saturated carbocycles. The molecule has 1 heterocycles. The third-order valence-electron chi connectivity index (χ3n) is 4.14. The van der Waals surface area contributed by atoms with E-state index >= 15 is 0 Å². The lowest BCUT2D eigenvalue weighted by molar-refractivity contribution is 0.534. The van der Waals surface area contributed by atoms with Gasteiger partial charge in [-0.1, -0.05) is 92.5 Å². The van der Waals surface area contributed by atoms with Crippen molar-refractivity contribution in [2.24, 2.45) is 5.92 Å². The Bertz CT molecular complexity index is 785. The number of halogens is 2. The van der Waals surface area contributed by atoms with Crippen molar-refractivity contribution in [1.29, 1.82) is 0 Å². The third kappa shape index (κ3) is 15.3. The molecule has 0 aliphatic carbocycles. The summed E-state index contributed by atoms with van der Waals surface area (Å²) in [4.78, 5) is 1.41. The third-order valence-corrected chi connectivity index (χ3v) is 6.74. The zero-order valence-corrected chi connectivity index (χ0v) is 23.4. The molecule has 8 heteroatoms. The molecule has 0 spiro atoms. The molecule has 0 aromatic carbocycles. The van der Waals surface area contributed by atoms with E-state index in [2.05, 4.69) is 62.2 Å². The van der Waals surface area contributed by atoms with E-state index in [9.17, 15) is 0 Å². The lowest BCUT2D eigenvalue weighted by Crippen LogP contribution is -2.11. The SMILES string of the molecule is C=C/C=C(\C=C)n1nnc(/C(C=C)=C/C=C\CC)n1.CSSCCC(Cl)CC(Cl)CC(C)C. The predicted octanol–water partition coefficient (Wildman–Crippen LogP) is 8.46. The molecule has 2 unspecified atom stereocenters. The largest absolute Gasteiger partial charge is 0.205 e. The molecule has 0 N–H and O–H groups in total. The van der Waals surface area contributed by atoms with E-state index in [4.69, 9.17) is 23.2 Å². The van der Waals surface area contributed by atoms with Crippen molar-refractivity contribution in [2.75, 3.05) is 12.0 Å². The molecule has 0 radical (unpaired) electrons. The van der Waals surface area contributed by atoms with Crippen molar-refractivity contribution in [1.82, 2.24) is 20.2 Å². The van der Waals surface area contributed by atoms with Gasteiger partial charge in [-0.15, -0.1) is 38.2 Å². The van der Waals surface area contributed by atoms with Gasteiger partial charge < -0.3 is 0 Å². The van der Waals surface area contributed by atoms with Gasteiger partial charge in [0.1, 0.15) is 0 Å². The minimum absolute atomic E-state index is 0.246. The van der Waals surface area contributed by atoms with Crippen LogP contribution in [0.5, 0.6) is 0 Å². The summed E-state index contributed by atoms with van der Waals surface area (Å²) < 4.78 is 0. The van der Waals surface area contributed by atoms with E-state index in [0.29, 0.717) is 17.4 Å². The molecular weight excluding hydrogens is 491 g/mol. The molecule has 2 atom stereocenters. The van der Waals surface area contributed by atoms with Crippen LogP contribution in [0.2, 0.25) is 0 Å². The molecule has 1 aromatic heterocycles. The average Bonchev–Trinajstić information content (AvgIpc) is 3.25. The number of alkyl halides is 2. The highest BCUT2D eigenvalue weighted by Crippen LogP contribution is 2.24. The summed E-state index contributed by atoms with van der Waals surface area (Å²) in [6.07, 6.45) is 18.8. The molecule has 0 bridgehead atoms. The molecule has 184 valence electrons. The monoisotopic (exact) mass is 528 g/mol. The number of rotatable bonds is 15. The fraction of sp³-hybridized carbons (Fsp3) is 0.480. The number of hydrogen-bond acceptors (Lipinski definition) is 5. The second kappa shape index (κ2) is 20.2. The average molecular weight is 530 g/mol. The number of allylic oxidation sites excluding steroid dienone is 9. The number of nitrogens with zero attached hydrogens (tertiary/aromatic N) is 4. The second-order valence-electron chi connectivity index (χ2n) is 7.43. The van der Waals surface area contributed by atoms with Crippen LogP contribution in [-0.2, 0) is 0 Å². The molecule has 0 aliphatic heterocycles. The first-order valence-electron chi connectivity index (χ1n) is 11.0. The minimum Gasteiger partial charge on any atom is -0.131 e. The van der Waals surface area contributed by atoms with E-state index in [-0.39, 0.29) is 10.8 Å². The first-order chi connectivity index (χ1) is 15.8. The van der Waals surface area contributed by atoms with E-state index < -0.39 is 0 Å². The molecule has 0 fully saturated rings. The second-order valence-corrected chi connectivity index (χ2v) is 11.4. The zero-order valence-electron chi connectivity index (χ0n) is 20.3. The normalized spacial score (nSPS) is 14.0. The molecule has 0 saturated heterocycles. The molecule has 1 aromatic rings. The Labute approximate surface area is 218 Å². The summed E-state index contributed by atoms with van der Waals surface area (Å²) >= 11 is 12.4. The standard InChI is InChI=1S/C15H18N4.C10H20Cl2S2/c1-5-9-10-12-13(7-3)15-16-18-19(17-15)14(8-4)11-6-2;1-8(2)6-10(12)7-9(11)4-5-14-13-3/h6-12H,2-5H2,1H3;8-10H,4-7H2,1-3H3/b10-9-,13-12+,14-11+;. The Morgan fingerprint density at radius 3 is 2.36 bits per heavy atom. The lowest BCUT2D eigenvalue weighted by Gasteiger charge is -2.15. The summed E-state index contributed by atoms with van der Waals surface area (Å²) in [6.45, 7) is 17.6. The number of aromatic nitrogens is 4. The fourth-order valence-electron chi connectivity index (χ4n) is 2.58. The fourth-order valence-corrected chi connectivity index (χ4v) is 5.03. The summed E-state index contributed by atoms with van der Waals surface area (Å²) in [5, 5.41) is 12.8. The van der Waals surface area contributed by atoms with Crippen LogP contribution >= 0.6 is 44.8 Å². The maximum absolute atomic E-state index is 6.19. The Morgan fingerprint density at radius 2 is 1.82 bits per heavy atom. The van der Waals surface area contributed by atoms with Crippen molar-refractivity contribution in [3.05, 3.63) is 68.1 Å². The van der Waals surface area contributed by atoms with Gasteiger partial charge in [-0.25, -0.2) is 0 Å². The van der Waals surface area contributed by atoms with Gasteiger partial charge in [-0.3, -0.25) is 0 Å². The van der Waals surface area contributed by atoms with Gasteiger partial charge >= 0.3 is 0 Å².